The Kier molecular flexibility index (Phi) is 2.13. The molecule has 0 aromatic rings. The lowest BCUT2D eigenvalue weighted by Gasteiger charge is -2.08. The number of hydrogen-bond acceptors (Lipinski definition) is 3. The molecule has 1 aliphatic rings. The summed E-state index contributed by atoms with van der Waals surface area (Å²) in [5, 5.41) is 7.37. The molecule has 0 aromatic heterocycles. The number of carbonyl (C=O) groups excluding carboxylic acids is 1. The van der Waals surface area contributed by atoms with Crippen LogP contribution < -0.4 is 5.14 Å². The molecule has 10 heavy (non-hydrogen) atoms. The van der Waals surface area contributed by atoms with Crippen LogP contribution in [0.3, 0.4) is 0 Å². The van der Waals surface area contributed by atoms with Crippen molar-refractivity contribution in [3.05, 3.63) is 22.5 Å². The van der Waals surface area contributed by atoms with Gasteiger partial charge in [-0.25, -0.2) is 4.79 Å². The third-order valence-corrected chi connectivity index (χ3v) is 2.55. The Bertz CT molecular complexity index is 210. The highest BCUT2D eigenvalue weighted by molar-refractivity contribution is 8.21. The zero-order chi connectivity index (χ0) is 7.56. The van der Waals surface area contributed by atoms with Crippen molar-refractivity contribution < 1.29 is 9.53 Å². The minimum Gasteiger partial charge on any atom is -0.465 e. The van der Waals surface area contributed by atoms with Gasteiger partial charge < -0.3 is 4.74 Å². The fourth-order valence-electron chi connectivity index (χ4n) is 0.671. The van der Waals surface area contributed by atoms with Crippen molar-refractivity contribution in [3.8, 4) is 0 Å². The van der Waals surface area contributed by atoms with E-state index in [0.29, 0.717) is 4.91 Å². The summed E-state index contributed by atoms with van der Waals surface area (Å²) in [6.45, 7) is 0. The van der Waals surface area contributed by atoms with E-state index >= 15 is 0 Å². The molecule has 0 saturated carbocycles. The normalized spacial score (nSPS) is 26.2. The van der Waals surface area contributed by atoms with Crippen LogP contribution in [0.5, 0.6) is 0 Å². The van der Waals surface area contributed by atoms with Crippen LogP contribution in [0, 0.1) is 0 Å². The lowest BCUT2D eigenvalue weighted by atomic mass is 10.5. The second-order valence-corrected chi connectivity index (χ2v) is 3.39. The highest BCUT2D eigenvalue weighted by atomic mass is 32.2. The zero-order valence-corrected chi connectivity index (χ0v) is 6.47. The maximum Gasteiger partial charge on any atom is 0.344 e. The van der Waals surface area contributed by atoms with Crippen LogP contribution in [0.15, 0.2) is 22.5 Å². The van der Waals surface area contributed by atoms with E-state index in [1.54, 1.807) is 12.2 Å². The van der Waals surface area contributed by atoms with Crippen molar-refractivity contribution in [1.29, 1.82) is 0 Å². The van der Waals surface area contributed by atoms with Crippen molar-refractivity contribution in [3.63, 3.8) is 0 Å². The summed E-state index contributed by atoms with van der Waals surface area (Å²) in [5.74, 6) is -0.321. The molecule has 2 N–H and O–H groups in total. The monoisotopic (exact) mass is 159 g/mol. The highest BCUT2D eigenvalue weighted by Gasteiger charge is 2.14. The smallest absolute Gasteiger partial charge is 0.344 e. The summed E-state index contributed by atoms with van der Waals surface area (Å²) < 4.78 is 4.49. The molecule has 0 fully saturated rings. The first-order valence-electron chi connectivity index (χ1n) is 2.76. The fourth-order valence-corrected chi connectivity index (χ4v) is 1.66. The number of ether oxygens (including phenoxy) is 1. The van der Waals surface area contributed by atoms with Crippen LogP contribution in [0.4, 0.5) is 0 Å². The van der Waals surface area contributed by atoms with Gasteiger partial charge in [-0.15, -0.1) is 11.1 Å². The maximum absolute atomic E-state index is 10.8. The summed E-state index contributed by atoms with van der Waals surface area (Å²) >= 11 is -0.868. The third kappa shape index (κ3) is 1.22. The SMILES string of the molecule is COC(=O)C1=CC=C[SH]1N. The molecule has 1 atom stereocenters. The molecule has 56 valence electrons. The highest BCUT2D eigenvalue weighted by Crippen LogP contribution is 2.33. The Morgan fingerprint density at radius 2 is 2.50 bits per heavy atom. The van der Waals surface area contributed by atoms with Gasteiger partial charge in [0.25, 0.3) is 0 Å². The predicted octanol–water partition coefficient (Wildman–Crippen LogP) is 0.445. The van der Waals surface area contributed by atoms with Crippen LogP contribution in [-0.4, -0.2) is 13.1 Å². The number of hydrogen-bond donors (Lipinski definition) is 2. The zero-order valence-electron chi connectivity index (χ0n) is 5.57. The minimum atomic E-state index is -0.868. The molecule has 0 radical (unpaired) electrons. The van der Waals surface area contributed by atoms with Crippen LogP contribution in [-0.2, 0) is 9.53 Å². The molecule has 0 aliphatic carbocycles. The summed E-state index contributed by atoms with van der Waals surface area (Å²) in [6, 6.07) is 0. The standard InChI is InChI=1S/C6H9NO2S/c1-9-6(8)5-3-2-4-10(5)7/h2-4,10H,7H2,1H3. The number of thiol groups is 1. The van der Waals surface area contributed by atoms with Crippen molar-refractivity contribution >= 4 is 17.1 Å². The molecule has 1 aliphatic heterocycles. The molecule has 0 amide bonds. The second-order valence-electron chi connectivity index (χ2n) is 1.79. The summed E-state index contributed by atoms with van der Waals surface area (Å²) in [6.07, 6.45) is 3.47. The Hall–Kier alpha value is -0.740. The minimum absolute atomic E-state index is 0.321. The van der Waals surface area contributed by atoms with Gasteiger partial charge in [-0.05, 0) is 11.5 Å². The number of rotatable bonds is 1. The molecule has 1 heterocycles. The first-order valence-corrected chi connectivity index (χ1v) is 4.24. The Morgan fingerprint density at radius 1 is 1.80 bits per heavy atom. The fraction of sp³-hybridized carbons (Fsp3) is 0.167. The van der Waals surface area contributed by atoms with Gasteiger partial charge in [0, 0.05) is 0 Å². The molecule has 0 bridgehead atoms. The van der Waals surface area contributed by atoms with Gasteiger partial charge in [0.15, 0.2) is 0 Å². The first kappa shape index (κ1) is 7.37. The van der Waals surface area contributed by atoms with Crippen LogP contribution in [0.2, 0.25) is 0 Å². The van der Waals surface area contributed by atoms with Gasteiger partial charge in [0.05, 0.1) is 12.0 Å². The van der Waals surface area contributed by atoms with E-state index in [2.05, 4.69) is 4.74 Å². The van der Waals surface area contributed by atoms with E-state index in [1.807, 2.05) is 5.41 Å². The van der Waals surface area contributed by atoms with E-state index in [4.69, 9.17) is 5.14 Å². The molecular weight excluding hydrogens is 150 g/mol. The van der Waals surface area contributed by atoms with Crippen molar-refractivity contribution in [2.45, 2.75) is 0 Å². The van der Waals surface area contributed by atoms with Gasteiger partial charge in [0.1, 0.15) is 0 Å². The Balaban J connectivity index is 2.68. The molecular formula is C6H9NO2S. The third-order valence-electron chi connectivity index (χ3n) is 1.17. The Labute approximate surface area is 62.0 Å². The van der Waals surface area contributed by atoms with Crippen molar-refractivity contribution in [2.24, 2.45) is 5.14 Å². The van der Waals surface area contributed by atoms with Gasteiger partial charge in [-0.2, -0.15) is 0 Å². The van der Waals surface area contributed by atoms with E-state index in [9.17, 15) is 4.79 Å². The average molecular weight is 159 g/mol. The number of esters is 1. The predicted molar refractivity (Wildman–Crippen MR) is 42.4 cm³/mol. The van der Waals surface area contributed by atoms with Gasteiger partial charge >= 0.3 is 5.97 Å². The van der Waals surface area contributed by atoms with Crippen LogP contribution >= 0.6 is 11.1 Å². The van der Waals surface area contributed by atoms with Crippen LogP contribution in [0.1, 0.15) is 0 Å². The molecule has 3 nitrogen and oxygen atoms in total. The lowest BCUT2D eigenvalue weighted by molar-refractivity contribution is -0.135. The number of allylic oxidation sites excluding steroid dienone is 2. The summed E-state index contributed by atoms with van der Waals surface area (Å²) in [7, 11) is 1.35. The molecule has 0 aromatic carbocycles. The number of nitrogens with two attached hydrogens (primary N) is 1. The first-order chi connectivity index (χ1) is 4.75. The van der Waals surface area contributed by atoms with E-state index in [0.717, 1.165) is 0 Å². The van der Waals surface area contributed by atoms with E-state index < -0.39 is 11.1 Å². The quantitative estimate of drug-likeness (QED) is 0.431. The molecule has 4 heteroatoms. The maximum atomic E-state index is 10.8. The van der Waals surface area contributed by atoms with E-state index in [1.165, 1.54) is 7.11 Å². The second kappa shape index (κ2) is 2.90. The molecule has 0 saturated heterocycles. The Morgan fingerprint density at radius 3 is 2.90 bits per heavy atom. The number of methoxy groups -OCH3 is 1. The van der Waals surface area contributed by atoms with Gasteiger partial charge in [0.2, 0.25) is 0 Å². The topological polar surface area (TPSA) is 52.3 Å². The molecule has 1 unspecified atom stereocenters. The van der Waals surface area contributed by atoms with Crippen molar-refractivity contribution in [2.75, 3.05) is 7.11 Å². The summed E-state index contributed by atoms with van der Waals surface area (Å²) in [5.41, 5.74) is 0. The van der Waals surface area contributed by atoms with Gasteiger partial charge in [-0.1, -0.05) is 6.08 Å². The van der Waals surface area contributed by atoms with Gasteiger partial charge in [-0.3, -0.25) is 5.14 Å². The molecule has 1 rings (SSSR count). The number of carbonyl (C=O) groups is 1. The summed E-state index contributed by atoms with van der Waals surface area (Å²) in [4.78, 5) is 11.4. The average Bonchev–Trinajstić information content (AvgIpc) is 2.34. The van der Waals surface area contributed by atoms with Crippen molar-refractivity contribution in [1.82, 2.24) is 0 Å². The van der Waals surface area contributed by atoms with E-state index in [-0.39, 0.29) is 5.97 Å². The van der Waals surface area contributed by atoms with Crippen LogP contribution in [0.25, 0.3) is 0 Å². The molecule has 0 spiro atoms. The lowest BCUT2D eigenvalue weighted by Crippen LogP contribution is -2.06. The largest absolute Gasteiger partial charge is 0.465 e.